The Balaban J connectivity index is 1.75. The van der Waals surface area contributed by atoms with E-state index < -0.39 is 30.2 Å². The van der Waals surface area contributed by atoms with Crippen molar-refractivity contribution < 1.29 is 27.5 Å². The summed E-state index contributed by atoms with van der Waals surface area (Å²) in [5, 5.41) is 18.1. The Labute approximate surface area is 162 Å². The lowest BCUT2D eigenvalue weighted by molar-refractivity contribution is -0.208. The van der Waals surface area contributed by atoms with Crippen molar-refractivity contribution in [1.82, 2.24) is 25.4 Å². The lowest BCUT2D eigenvalue weighted by Crippen LogP contribution is -2.46. The lowest BCUT2D eigenvalue weighted by Gasteiger charge is -2.24. The third-order valence-electron chi connectivity index (χ3n) is 4.20. The first-order chi connectivity index (χ1) is 13.8. The van der Waals surface area contributed by atoms with Gasteiger partial charge in [-0.2, -0.15) is 18.4 Å². The summed E-state index contributed by atoms with van der Waals surface area (Å²) >= 11 is 0. The van der Waals surface area contributed by atoms with E-state index in [0.717, 1.165) is 0 Å². The molecule has 152 valence electrons. The molecule has 9 nitrogen and oxygen atoms in total. The molecule has 2 atom stereocenters. The Morgan fingerprint density at radius 1 is 1.41 bits per heavy atom. The van der Waals surface area contributed by atoms with Gasteiger partial charge < -0.3 is 15.4 Å². The number of benzene rings is 1. The molecule has 1 amide bonds. The van der Waals surface area contributed by atoms with Crippen molar-refractivity contribution >= 4 is 11.9 Å². The van der Waals surface area contributed by atoms with E-state index in [4.69, 9.17) is 5.26 Å². The van der Waals surface area contributed by atoms with Crippen molar-refractivity contribution in [2.45, 2.75) is 18.8 Å². The fourth-order valence-electron chi connectivity index (χ4n) is 2.76. The van der Waals surface area contributed by atoms with E-state index in [2.05, 4.69) is 25.5 Å². The van der Waals surface area contributed by atoms with E-state index in [9.17, 15) is 22.8 Å². The third-order valence-corrected chi connectivity index (χ3v) is 4.20. The molecule has 0 bridgehead atoms. The summed E-state index contributed by atoms with van der Waals surface area (Å²) in [4.78, 5) is 27.5. The van der Waals surface area contributed by atoms with Gasteiger partial charge in [0.25, 0.3) is 5.91 Å². The first-order valence-corrected chi connectivity index (χ1v) is 8.49. The molecule has 1 aliphatic rings. The topological polar surface area (TPSA) is 122 Å². The number of ether oxygens (including phenoxy) is 1. The molecule has 0 spiro atoms. The predicted octanol–water partition coefficient (Wildman–Crippen LogP) is 0.910. The molecule has 1 aliphatic heterocycles. The third kappa shape index (κ3) is 4.88. The maximum absolute atomic E-state index is 12.6. The van der Waals surface area contributed by atoms with Crippen LogP contribution in [0.2, 0.25) is 0 Å². The zero-order valence-corrected chi connectivity index (χ0v) is 14.8. The van der Waals surface area contributed by atoms with E-state index in [1.54, 1.807) is 18.2 Å². The van der Waals surface area contributed by atoms with Gasteiger partial charge in [0.15, 0.2) is 6.23 Å². The van der Waals surface area contributed by atoms with E-state index in [-0.39, 0.29) is 12.4 Å². The van der Waals surface area contributed by atoms with Crippen LogP contribution in [0.3, 0.4) is 0 Å². The first-order valence-electron chi connectivity index (χ1n) is 8.49. The molecule has 1 aromatic heterocycles. The molecule has 1 fully saturated rings. The van der Waals surface area contributed by atoms with Gasteiger partial charge >= 0.3 is 12.1 Å². The molecule has 0 radical (unpaired) electrons. The number of rotatable bonds is 5. The summed E-state index contributed by atoms with van der Waals surface area (Å²) in [6, 6.07) is 8.33. The average Bonchev–Trinajstić information content (AvgIpc) is 3.38. The summed E-state index contributed by atoms with van der Waals surface area (Å²) in [6.45, 7) is 0.793. The molecule has 1 saturated heterocycles. The zero-order valence-electron chi connectivity index (χ0n) is 14.8. The van der Waals surface area contributed by atoms with E-state index in [1.807, 2.05) is 6.07 Å². The molecule has 3 rings (SSSR count). The Morgan fingerprint density at radius 3 is 2.86 bits per heavy atom. The number of halogens is 3. The van der Waals surface area contributed by atoms with Gasteiger partial charge in [0.1, 0.15) is 6.33 Å². The Kier molecular flexibility index (Phi) is 5.79. The largest absolute Gasteiger partial charge is 0.491 e. The smallest absolute Gasteiger partial charge is 0.435 e. The second-order valence-electron chi connectivity index (χ2n) is 6.22. The molecule has 29 heavy (non-hydrogen) atoms. The van der Waals surface area contributed by atoms with Gasteiger partial charge in [-0.15, -0.1) is 5.10 Å². The first kappa shape index (κ1) is 20.3. The number of alkyl halides is 3. The normalized spacial score (nSPS) is 17.4. The van der Waals surface area contributed by atoms with Crippen LogP contribution in [0.4, 0.5) is 13.2 Å². The fraction of sp³-hybridized carbons (Fsp3) is 0.353. The molecule has 2 N–H and O–H groups in total. The number of carbonyl (C=O) groups is 2. The summed E-state index contributed by atoms with van der Waals surface area (Å²) in [7, 11) is 0. The highest BCUT2D eigenvalue weighted by atomic mass is 19.4. The number of aromatic nitrogens is 3. The highest BCUT2D eigenvalue weighted by Crippen LogP contribution is 2.21. The average molecular weight is 408 g/mol. The summed E-state index contributed by atoms with van der Waals surface area (Å²) in [5.41, 5.74) is 0.840. The molecular weight excluding hydrogens is 393 g/mol. The van der Waals surface area contributed by atoms with Crippen LogP contribution in [0.5, 0.6) is 0 Å². The van der Waals surface area contributed by atoms with Crippen LogP contribution < -0.4 is 10.6 Å². The molecular formula is C17H15F3N6O3. The van der Waals surface area contributed by atoms with Gasteiger partial charge in [-0.05, 0) is 31.2 Å². The van der Waals surface area contributed by atoms with Crippen molar-refractivity contribution in [2.75, 3.05) is 13.1 Å². The highest BCUT2D eigenvalue weighted by Gasteiger charge is 2.44. The molecule has 2 heterocycles. The van der Waals surface area contributed by atoms with E-state index >= 15 is 0 Å². The van der Waals surface area contributed by atoms with Gasteiger partial charge in [-0.3, -0.25) is 4.79 Å². The number of hydrogen-bond acceptors (Lipinski definition) is 7. The Hall–Kier alpha value is -3.46. The maximum Gasteiger partial charge on any atom is 0.491 e. The standard InChI is InChI=1S/C17H15F3N6O3/c18-17(19,20)16(28)29-15(11-4-5-22-8-11)24-14(27)13-23-9-26(25-13)12-3-1-2-10(6-12)7-21/h1-3,6,9,11,15,22H,4-5,8H2,(H,24,27)/t11-,15?/m0/s1. The molecule has 1 unspecified atom stereocenters. The van der Waals surface area contributed by atoms with Crippen molar-refractivity contribution in [3.63, 3.8) is 0 Å². The Bertz CT molecular complexity index is 946. The maximum atomic E-state index is 12.6. The fourth-order valence-corrected chi connectivity index (χ4v) is 2.76. The van der Waals surface area contributed by atoms with E-state index in [0.29, 0.717) is 24.2 Å². The number of amides is 1. The van der Waals surface area contributed by atoms with Crippen LogP contribution in [0, 0.1) is 17.2 Å². The minimum absolute atomic E-state index is 0.277. The lowest BCUT2D eigenvalue weighted by atomic mass is 10.1. The second kappa shape index (κ2) is 8.27. The molecule has 12 heteroatoms. The minimum Gasteiger partial charge on any atom is -0.435 e. The van der Waals surface area contributed by atoms with Gasteiger partial charge in [-0.25, -0.2) is 14.5 Å². The molecule has 2 aromatic rings. The van der Waals surface area contributed by atoms with Gasteiger partial charge in [0.05, 0.1) is 17.3 Å². The predicted molar refractivity (Wildman–Crippen MR) is 90.5 cm³/mol. The monoisotopic (exact) mass is 408 g/mol. The number of carbonyl (C=O) groups excluding carboxylic acids is 2. The van der Waals surface area contributed by atoms with Crippen LogP contribution in [0.25, 0.3) is 5.69 Å². The highest BCUT2D eigenvalue weighted by molar-refractivity contribution is 5.90. The quantitative estimate of drug-likeness (QED) is 0.557. The van der Waals surface area contributed by atoms with Crippen LogP contribution in [-0.4, -0.2) is 52.1 Å². The van der Waals surface area contributed by atoms with Crippen LogP contribution in [0.1, 0.15) is 22.6 Å². The SMILES string of the molecule is N#Cc1cccc(-n2cnc(C(=O)NC(OC(=O)C(F)(F)F)[C@H]3CCNC3)n2)c1. The number of nitrogens with one attached hydrogen (secondary N) is 2. The van der Waals surface area contributed by atoms with Gasteiger partial charge in [0, 0.05) is 12.5 Å². The minimum atomic E-state index is -5.18. The number of nitrogens with zero attached hydrogens (tertiary/aromatic N) is 4. The summed E-state index contributed by atoms with van der Waals surface area (Å²) in [5.74, 6) is -4.14. The van der Waals surface area contributed by atoms with Crippen LogP contribution in [-0.2, 0) is 9.53 Å². The van der Waals surface area contributed by atoms with Gasteiger partial charge in [-0.1, -0.05) is 6.07 Å². The molecule has 0 saturated carbocycles. The summed E-state index contributed by atoms with van der Waals surface area (Å²) in [6.07, 6.45) is -5.03. The van der Waals surface area contributed by atoms with E-state index in [1.165, 1.54) is 17.1 Å². The van der Waals surface area contributed by atoms with Crippen molar-refractivity contribution in [3.05, 3.63) is 42.0 Å². The number of hydrogen-bond donors (Lipinski definition) is 2. The van der Waals surface area contributed by atoms with Crippen LogP contribution >= 0.6 is 0 Å². The van der Waals surface area contributed by atoms with Crippen molar-refractivity contribution in [1.29, 1.82) is 5.26 Å². The van der Waals surface area contributed by atoms with Crippen LogP contribution in [0.15, 0.2) is 30.6 Å². The summed E-state index contributed by atoms with van der Waals surface area (Å²) < 4.78 is 43.4. The van der Waals surface area contributed by atoms with Gasteiger partial charge in [0.2, 0.25) is 5.82 Å². The second-order valence-corrected chi connectivity index (χ2v) is 6.22. The Morgan fingerprint density at radius 2 is 2.21 bits per heavy atom. The zero-order chi connectivity index (χ0) is 21.0. The number of esters is 1. The molecule has 1 aromatic carbocycles. The number of nitriles is 1. The van der Waals surface area contributed by atoms with Crippen molar-refractivity contribution in [2.24, 2.45) is 5.92 Å². The van der Waals surface area contributed by atoms with Crippen molar-refractivity contribution in [3.8, 4) is 11.8 Å². The molecule has 0 aliphatic carbocycles.